The molecule has 0 atom stereocenters. The molecule has 0 radical (unpaired) electrons. The van der Waals surface area contributed by atoms with Crippen LogP contribution in [0.5, 0.6) is 5.75 Å². The predicted octanol–water partition coefficient (Wildman–Crippen LogP) is 2.39. The fraction of sp³-hybridized carbons (Fsp3) is 0.562. The number of benzene rings is 1. The van der Waals surface area contributed by atoms with Gasteiger partial charge in [0.05, 0.1) is 0 Å². The summed E-state index contributed by atoms with van der Waals surface area (Å²) in [4.78, 5) is 11.6. The standard InChI is InChI=1S/C16H23NO3/c18-16(13-20-15-6-2-1-3-7-15)17-10-4-5-14-8-11-19-12-9-14/h1-3,6-7,14H,4-5,8-13H2,(H,17,18). The van der Waals surface area contributed by atoms with Gasteiger partial charge in [0.2, 0.25) is 0 Å². The Balaban J connectivity index is 1.51. The van der Waals surface area contributed by atoms with Crippen molar-refractivity contribution in [3.8, 4) is 5.75 Å². The van der Waals surface area contributed by atoms with Gasteiger partial charge in [0.1, 0.15) is 5.75 Å². The highest BCUT2D eigenvalue weighted by Crippen LogP contribution is 2.19. The van der Waals surface area contributed by atoms with Crippen molar-refractivity contribution in [1.82, 2.24) is 5.32 Å². The molecule has 1 aromatic carbocycles. The van der Waals surface area contributed by atoms with Crippen molar-refractivity contribution in [2.45, 2.75) is 25.7 Å². The molecule has 0 aliphatic carbocycles. The van der Waals surface area contributed by atoms with E-state index in [0.717, 1.165) is 50.7 Å². The summed E-state index contributed by atoms with van der Waals surface area (Å²) in [6, 6.07) is 9.39. The van der Waals surface area contributed by atoms with E-state index in [1.54, 1.807) is 0 Å². The summed E-state index contributed by atoms with van der Waals surface area (Å²) in [5, 5.41) is 2.90. The van der Waals surface area contributed by atoms with Crippen LogP contribution in [0.15, 0.2) is 30.3 Å². The Morgan fingerprint density at radius 3 is 2.75 bits per heavy atom. The Labute approximate surface area is 120 Å². The first-order chi connectivity index (χ1) is 9.84. The number of para-hydroxylation sites is 1. The monoisotopic (exact) mass is 277 g/mol. The predicted molar refractivity (Wildman–Crippen MR) is 77.7 cm³/mol. The Morgan fingerprint density at radius 1 is 1.25 bits per heavy atom. The molecule has 1 aliphatic rings. The van der Waals surface area contributed by atoms with E-state index in [1.807, 2.05) is 30.3 Å². The number of rotatable bonds is 7. The third-order valence-electron chi connectivity index (χ3n) is 3.57. The lowest BCUT2D eigenvalue weighted by Crippen LogP contribution is -2.30. The molecule has 20 heavy (non-hydrogen) atoms. The maximum absolute atomic E-state index is 11.6. The van der Waals surface area contributed by atoms with Crippen LogP contribution in [0.25, 0.3) is 0 Å². The third-order valence-corrected chi connectivity index (χ3v) is 3.57. The molecule has 0 saturated carbocycles. The first-order valence-corrected chi connectivity index (χ1v) is 7.37. The first-order valence-electron chi connectivity index (χ1n) is 7.37. The van der Waals surface area contributed by atoms with Crippen LogP contribution in [0.2, 0.25) is 0 Å². The molecule has 4 nitrogen and oxygen atoms in total. The Morgan fingerprint density at radius 2 is 2.00 bits per heavy atom. The second kappa shape index (κ2) is 8.59. The molecule has 1 heterocycles. The molecule has 1 aromatic rings. The SMILES string of the molecule is O=C(COc1ccccc1)NCCCC1CCOCC1. The highest BCUT2D eigenvalue weighted by molar-refractivity contribution is 5.77. The zero-order chi connectivity index (χ0) is 14.0. The van der Waals surface area contributed by atoms with E-state index in [2.05, 4.69) is 5.32 Å². The van der Waals surface area contributed by atoms with Gasteiger partial charge in [0.15, 0.2) is 6.61 Å². The van der Waals surface area contributed by atoms with Gasteiger partial charge in [-0.15, -0.1) is 0 Å². The van der Waals surface area contributed by atoms with E-state index in [1.165, 1.54) is 6.42 Å². The van der Waals surface area contributed by atoms with Crippen LogP contribution in [-0.4, -0.2) is 32.3 Å². The van der Waals surface area contributed by atoms with E-state index in [4.69, 9.17) is 9.47 Å². The molecule has 0 bridgehead atoms. The Kier molecular flexibility index (Phi) is 6.38. The van der Waals surface area contributed by atoms with Crippen molar-refractivity contribution < 1.29 is 14.3 Å². The molecule has 1 N–H and O–H groups in total. The lowest BCUT2D eigenvalue weighted by atomic mass is 9.95. The van der Waals surface area contributed by atoms with Crippen molar-refractivity contribution in [1.29, 1.82) is 0 Å². The second-order valence-electron chi connectivity index (χ2n) is 5.15. The van der Waals surface area contributed by atoms with E-state index >= 15 is 0 Å². The normalized spacial score (nSPS) is 15.8. The van der Waals surface area contributed by atoms with E-state index < -0.39 is 0 Å². The molecule has 0 unspecified atom stereocenters. The van der Waals surface area contributed by atoms with Gasteiger partial charge >= 0.3 is 0 Å². The molecule has 1 aliphatic heterocycles. The van der Waals surface area contributed by atoms with E-state index in [0.29, 0.717) is 0 Å². The molecular formula is C16H23NO3. The highest BCUT2D eigenvalue weighted by atomic mass is 16.5. The zero-order valence-corrected chi connectivity index (χ0v) is 11.8. The van der Waals surface area contributed by atoms with Gasteiger partial charge in [-0.2, -0.15) is 0 Å². The minimum Gasteiger partial charge on any atom is -0.484 e. The summed E-state index contributed by atoms with van der Waals surface area (Å²) in [5.74, 6) is 1.44. The minimum atomic E-state index is -0.0548. The second-order valence-corrected chi connectivity index (χ2v) is 5.15. The number of amides is 1. The fourth-order valence-corrected chi connectivity index (χ4v) is 2.37. The smallest absolute Gasteiger partial charge is 0.257 e. The number of hydrogen-bond acceptors (Lipinski definition) is 3. The van der Waals surface area contributed by atoms with E-state index in [-0.39, 0.29) is 12.5 Å². The molecule has 1 fully saturated rings. The van der Waals surface area contributed by atoms with Gasteiger partial charge in [-0.1, -0.05) is 18.2 Å². The molecule has 1 saturated heterocycles. The Hall–Kier alpha value is -1.55. The number of carbonyl (C=O) groups excluding carboxylic acids is 1. The van der Waals surface area contributed by atoms with E-state index in [9.17, 15) is 4.79 Å². The van der Waals surface area contributed by atoms with Gasteiger partial charge < -0.3 is 14.8 Å². The van der Waals surface area contributed by atoms with Gasteiger partial charge in [-0.3, -0.25) is 4.79 Å². The summed E-state index contributed by atoms with van der Waals surface area (Å²) in [6.07, 6.45) is 4.51. The van der Waals surface area contributed by atoms with Crippen molar-refractivity contribution in [2.75, 3.05) is 26.4 Å². The largest absolute Gasteiger partial charge is 0.484 e. The fourth-order valence-electron chi connectivity index (χ4n) is 2.37. The average Bonchev–Trinajstić information content (AvgIpc) is 2.52. The van der Waals surface area contributed by atoms with Gasteiger partial charge in [-0.25, -0.2) is 0 Å². The van der Waals surface area contributed by atoms with Crippen molar-refractivity contribution >= 4 is 5.91 Å². The minimum absolute atomic E-state index is 0.0548. The molecule has 2 rings (SSSR count). The summed E-state index contributed by atoms with van der Waals surface area (Å²) >= 11 is 0. The zero-order valence-electron chi connectivity index (χ0n) is 11.8. The molecule has 1 amide bonds. The Bertz CT molecular complexity index is 388. The van der Waals surface area contributed by atoms with Crippen molar-refractivity contribution in [3.05, 3.63) is 30.3 Å². The molecule has 0 aromatic heterocycles. The quantitative estimate of drug-likeness (QED) is 0.778. The van der Waals surface area contributed by atoms with Crippen LogP contribution in [0.3, 0.4) is 0 Å². The first kappa shape index (κ1) is 14.9. The average molecular weight is 277 g/mol. The third kappa shape index (κ3) is 5.61. The summed E-state index contributed by atoms with van der Waals surface area (Å²) in [5.41, 5.74) is 0. The summed E-state index contributed by atoms with van der Waals surface area (Å²) in [6.45, 7) is 2.60. The van der Waals surface area contributed by atoms with Crippen molar-refractivity contribution in [3.63, 3.8) is 0 Å². The van der Waals surface area contributed by atoms with Crippen LogP contribution in [0.1, 0.15) is 25.7 Å². The molecule has 4 heteroatoms. The van der Waals surface area contributed by atoms with Crippen LogP contribution in [-0.2, 0) is 9.53 Å². The van der Waals surface area contributed by atoms with Gasteiger partial charge in [0.25, 0.3) is 5.91 Å². The van der Waals surface area contributed by atoms with Crippen LogP contribution in [0, 0.1) is 5.92 Å². The number of hydrogen-bond donors (Lipinski definition) is 1. The number of ether oxygens (including phenoxy) is 2. The maximum Gasteiger partial charge on any atom is 0.257 e. The van der Waals surface area contributed by atoms with Crippen LogP contribution in [0.4, 0.5) is 0 Å². The van der Waals surface area contributed by atoms with Gasteiger partial charge in [0, 0.05) is 19.8 Å². The number of nitrogens with one attached hydrogen (secondary N) is 1. The molecule has 0 spiro atoms. The topological polar surface area (TPSA) is 47.6 Å². The number of carbonyl (C=O) groups is 1. The molecule has 110 valence electrons. The lowest BCUT2D eigenvalue weighted by molar-refractivity contribution is -0.123. The van der Waals surface area contributed by atoms with Crippen LogP contribution < -0.4 is 10.1 Å². The summed E-state index contributed by atoms with van der Waals surface area (Å²) in [7, 11) is 0. The van der Waals surface area contributed by atoms with Gasteiger partial charge in [-0.05, 0) is 43.7 Å². The highest BCUT2D eigenvalue weighted by Gasteiger charge is 2.13. The van der Waals surface area contributed by atoms with Crippen molar-refractivity contribution in [2.24, 2.45) is 5.92 Å². The lowest BCUT2D eigenvalue weighted by Gasteiger charge is -2.21. The maximum atomic E-state index is 11.6. The van der Waals surface area contributed by atoms with Crippen LogP contribution >= 0.6 is 0 Å². The molecular weight excluding hydrogens is 254 g/mol. The summed E-state index contributed by atoms with van der Waals surface area (Å²) < 4.78 is 10.7.